The molecule has 6 atom stereocenters. The summed E-state index contributed by atoms with van der Waals surface area (Å²) in [4.78, 5) is 65.0. The van der Waals surface area contributed by atoms with Gasteiger partial charge in [-0.25, -0.2) is 5.01 Å². The first-order valence-corrected chi connectivity index (χ1v) is 12.5. The van der Waals surface area contributed by atoms with E-state index in [9.17, 15) is 29.3 Å². The highest BCUT2D eigenvalue weighted by atomic mass is 35.5. The molecule has 0 radical (unpaired) electrons. The Labute approximate surface area is 220 Å². The monoisotopic (exact) mass is 539 g/mol. The van der Waals surface area contributed by atoms with Crippen LogP contribution in [0.5, 0.6) is 0 Å². The SMILES string of the molecule is O=C(CN(C(=O)c1ccc(Cl)cc1Cl)N1C(=O)C2C3C=CC(C4CC34)C2C1=O)c1cccc([N+](=O)[O-])c1. The zero-order chi connectivity index (χ0) is 26.2. The first kappa shape index (κ1) is 23.8. The van der Waals surface area contributed by atoms with Crippen molar-refractivity contribution in [3.8, 4) is 0 Å². The van der Waals surface area contributed by atoms with Crippen molar-refractivity contribution in [2.75, 3.05) is 6.54 Å². The van der Waals surface area contributed by atoms with Gasteiger partial charge in [0.15, 0.2) is 5.78 Å². The summed E-state index contributed by atoms with van der Waals surface area (Å²) in [5, 5.41) is 13.1. The Hall–Kier alpha value is -3.56. The second kappa shape index (κ2) is 8.49. The van der Waals surface area contributed by atoms with Crippen LogP contribution in [0.2, 0.25) is 10.0 Å². The van der Waals surface area contributed by atoms with Gasteiger partial charge in [-0.2, -0.15) is 5.01 Å². The molecule has 0 aromatic heterocycles. The molecule has 7 rings (SSSR count). The number of nitrogens with zero attached hydrogens (tertiary/aromatic N) is 3. The van der Waals surface area contributed by atoms with Crippen molar-refractivity contribution in [3.05, 3.63) is 85.9 Å². The molecule has 2 saturated carbocycles. The number of ketones is 1. The molecule has 2 bridgehead atoms. The van der Waals surface area contributed by atoms with Crippen LogP contribution in [-0.4, -0.2) is 45.0 Å². The Morgan fingerprint density at radius 3 is 2.24 bits per heavy atom. The predicted octanol–water partition coefficient (Wildman–Crippen LogP) is 4.19. The number of Topliss-reactive ketones (excluding diaryl/α,β-unsaturated/α-hetero) is 1. The minimum Gasteiger partial charge on any atom is -0.292 e. The first-order chi connectivity index (χ1) is 17.7. The third-order valence-electron chi connectivity index (χ3n) is 7.95. The standard InChI is InChI=1S/C26H19Cl2N3O6/c27-13-4-5-17(20(28)9-13)24(33)29(11-21(32)12-2-1-3-14(8-12)31(36)37)30-25(34)22-15-6-7-16(19-10-18(15)19)23(22)26(30)35/h1-9,15-16,18-19,22-23H,10-11H2. The molecule has 2 aromatic rings. The fraction of sp³-hybridized carbons (Fsp3) is 0.308. The number of hydrogen-bond acceptors (Lipinski definition) is 6. The van der Waals surface area contributed by atoms with Gasteiger partial charge in [0.25, 0.3) is 23.4 Å². The van der Waals surface area contributed by atoms with E-state index in [4.69, 9.17) is 23.2 Å². The number of halogens is 2. The predicted molar refractivity (Wildman–Crippen MR) is 131 cm³/mol. The average Bonchev–Trinajstić information content (AvgIpc) is 3.66. The summed E-state index contributed by atoms with van der Waals surface area (Å²) in [5.74, 6) is -3.17. The van der Waals surface area contributed by atoms with Crippen molar-refractivity contribution in [2.45, 2.75) is 6.42 Å². The van der Waals surface area contributed by atoms with Crippen LogP contribution < -0.4 is 0 Å². The molecule has 3 fully saturated rings. The summed E-state index contributed by atoms with van der Waals surface area (Å²) in [5.41, 5.74) is -0.378. The normalized spacial score (nSPS) is 28.6. The van der Waals surface area contributed by atoms with Gasteiger partial charge in [-0.3, -0.25) is 29.3 Å². The number of nitro benzene ring substituents is 1. The number of carbonyl (C=O) groups is 4. The Bertz CT molecular complexity index is 1410. The molecule has 2 aromatic carbocycles. The quantitative estimate of drug-likeness (QED) is 0.178. The summed E-state index contributed by atoms with van der Waals surface area (Å²) in [6.45, 7) is -0.689. The Kier molecular flexibility index (Phi) is 5.47. The molecule has 6 unspecified atom stereocenters. The Morgan fingerprint density at radius 1 is 1.00 bits per heavy atom. The second-order valence-corrected chi connectivity index (χ2v) is 10.7. The van der Waals surface area contributed by atoms with E-state index < -0.39 is 46.8 Å². The van der Waals surface area contributed by atoms with Crippen LogP contribution in [0.25, 0.3) is 0 Å². The lowest BCUT2D eigenvalue weighted by molar-refractivity contribution is -0.384. The maximum atomic E-state index is 13.7. The van der Waals surface area contributed by atoms with Gasteiger partial charge >= 0.3 is 0 Å². The van der Waals surface area contributed by atoms with Crippen LogP contribution in [0.4, 0.5) is 5.69 Å². The molecule has 9 nitrogen and oxygen atoms in total. The van der Waals surface area contributed by atoms with Crippen LogP contribution in [0.1, 0.15) is 27.1 Å². The van der Waals surface area contributed by atoms with Gasteiger partial charge in [0.2, 0.25) is 0 Å². The lowest BCUT2D eigenvalue weighted by Gasteiger charge is -2.37. The molecule has 4 aliphatic carbocycles. The lowest BCUT2D eigenvalue weighted by atomic mass is 9.63. The third kappa shape index (κ3) is 3.67. The van der Waals surface area contributed by atoms with Gasteiger partial charge in [0, 0.05) is 22.7 Å². The zero-order valence-corrected chi connectivity index (χ0v) is 20.6. The number of rotatable bonds is 6. The maximum absolute atomic E-state index is 13.7. The van der Waals surface area contributed by atoms with E-state index in [2.05, 4.69) is 0 Å². The number of benzene rings is 2. The van der Waals surface area contributed by atoms with Gasteiger partial charge in [0.1, 0.15) is 6.54 Å². The Balaban J connectivity index is 1.38. The molecule has 188 valence electrons. The van der Waals surface area contributed by atoms with Gasteiger partial charge in [-0.05, 0) is 48.3 Å². The van der Waals surface area contributed by atoms with E-state index in [1.165, 1.54) is 36.4 Å². The smallest absolute Gasteiger partial charge is 0.274 e. The van der Waals surface area contributed by atoms with Crippen LogP contribution in [0.3, 0.4) is 0 Å². The van der Waals surface area contributed by atoms with Gasteiger partial charge in [-0.15, -0.1) is 0 Å². The van der Waals surface area contributed by atoms with Crippen LogP contribution in [-0.2, 0) is 9.59 Å². The highest BCUT2D eigenvalue weighted by Gasteiger charge is 2.68. The number of carbonyl (C=O) groups excluding carboxylic acids is 4. The zero-order valence-electron chi connectivity index (χ0n) is 19.1. The molecule has 1 heterocycles. The number of hydrogen-bond donors (Lipinski definition) is 0. The highest BCUT2D eigenvalue weighted by molar-refractivity contribution is 6.36. The second-order valence-electron chi connectivity index (χ2n) is 9.86. The van der Waals surface area contributed by atoms with E-state index in [1.807, 2.05) is 12.2 Å². The number of imide groups is 1. The third-order valence-corrected chi connectivity index (χ3v) is 8.50. The van der Waals surface area contributed by atoms with Gasteiger partial charge in [0.05, 0.1) is 27.3 Å². The first-order valence-electron chi connectivity index (χ1n) is 11.8. The molecule has 3 amide bonds. The van der Waals surface area contributed by atoms with E-state index in [-0.39, 0.29) is 38.7 Å². The minimum atomic E-state index is -0.828. The van der Waals surface area contributed by atoms with E-state index in [1.54, 1.807) is 0 Å². The summed E-state index contributed by atoms with van der Waals surface area (Å²) in [6.07, 6.45) is 4.99. The lowest BCUT2D eigenvalue weighted by Crippen LogP contribution is -2.52. The van der Waals surface area contributed by atoms with Gasteiger partial charge < -0.3 is 0 Å². The largest absolute Gasteiger partial charge is 0.292 e. The molecular weight excluding hydrogens is 521 g/mol. The molecule has 1 aliphatic heterocycles. The number of non-ortho nitro benzene ring substituents is 1. The van der Waals surface area contributed by atoms with Crippen molar-refractivity contribution in [2.24, 2.45) is 35.5 Å². The summed E-state index contributed by atoms with van der Waals surface area (Å²) >= 11 is 12.2. The fourth-order valence-corrected chi connectivity index (χ4v) is 6.72. The van der Waals surface area contributed by atoms with Gasteiger partial charge in [-0.1, -0.05) is 47.5 Å². The van der Waals surface area contributed by atoms with E-state index in [0.29, 0.717) is 11.8 Å². The maximum Gasteiger partial charge on any atom is 0.274 e. The summed E-state index contributed by atoms with van der Waals surface area (Å²) in [6, 6.07) is 9.19. The number of allylic oxidation sites excluding steroid dienone is 2. The molecule has 11 heteroatoms. The molecule has 5 aliphatic rings. The van der Waals surface area contributed by atoms with Crippen LogP contribution in [0, 0.1) is 45.6 Å². The van der Waals surface area contributed by atoms with Crippen molar-refractivity contribution in [1.82, 2.24) is 10.0 Å². The minimum absolute atomic E-state index is 0.00945. The average molecular weight is 540 g/mol. The van der Waals surface area contributed by atoms with Crippen molar-refractivity contribution in [3.63, 3.8) is 0 Å². The molecule has 1 saturated heterocycles. The fourth-order valence-electron chi connectivity index (χ4n) is 6.23. The summed E-state index contributed by atoms with van der Waals surface area (Å²) < 4.78 is 0. The van der Waals surface area contributed by atoms with Crippen LogP contribution >= 0.6 is 23.2 Å². The van der Waals surface area contributed by atoms with Crippen molar-refractivity contribution < 1.29 is 24.1 Å². The van der Waals surface area contributed by atoms with Crippen molar-refractivity contribution >= 4 is 52.4 Å². The van der Waals surface area contributed by atoms with Crippen LogP contribution in [0.15, 0.2) is 54.6 Å². The number of hydrazine groups is 1. The van der Waals surface area contributed by atoms with Crippen molar-refractivity contribution in [1.29, 1.82) is 0 Å². The highest BCUT2D eigenvalue weighted by Crippen LogP contribution is 2.65. The van der Waals surface area contributed by atoms with E-state index >= 15 is 0 Å². The van der Waals surface area contributed by atoms with E-state index in [0.717, 1.165) is 22.5 Å². The number of amides is 3. The molecule has 37 heavy (non-hydrogen) atoms. The molecule has 0 spiro atoms. The summed E-state index contributed by atoms with van der Waals surface area (Å²) in [7, 11) is 0. The molecule has 0 N–H and O–H groups in total. The topological polar surface area (TPSA) is 118 Å². The number of nitro groups is 1. The Morgan fingerprint density at radius 2 is 1.65 bits per heavy atom. The molecular formula is C26H19Cl2N3O6.